The second-order valence-corrected chi connectivity index (χ2v) is 6.29. The number of benzene rings is 2. The van der Waals surface area contributed by atoms with Crippen LogP contribution in [0.4, 0.5) is 4.39 Å². The molecule has 2 aromatic carbocycles. The first-order chi connectivity index (χ1) is 12.6. The minimum atomic E-state index is -0.489. The molecular weight excluding hydrogens is 329 g/mol. The maximum atomic E-state index is 13.7. The van der Waals surface area contributed by atoms with Gasteiger partial charge in [-0.15, -0.1) is 0 Å². The lowest BCUT2D eigenvalue weighted by Crippen LogP contribution is -2.19. The molecule has 0 radical (unpaired) electrons. The molecule has 1 heterocycles. The van der Waals surface area contributed by atoms with Gasteiger partial charge in [0.2, 0.25) is 0 Å². The van der Waals surface area contributed by atoms with Gasteiger partial charge in [-0.3, -0.25) is 0 Å². The van der Waals surface area contributed by atoms with Crippen molar-refractivity contribution < 1.29 is 9.13 Å². The summed E-state index contributed by atoms with van der Waals surface area (Å²) in [6, 6.07) is 12.0. The second-order valence-electron chi connectivity index (χ2n) is 6.29. The quantitative estimate of drug-likeness (QED) is 0.865. The van der Waals surface area contributed by atoms with Gasteiger partial charge in [-0.2, -0.15) is 10.4 Å². The average Bonchev–Trinajstić information content (AvgIpc) is 2.61. The van der Waals surface area contributed by atoms with E-state index in [0.29, 0.717) is 17.9 Å². The van der Waals surface area contributed by atoms with Gasteiger partial charge < -0.3 is 10.2 Å². The van der Waals surface area contributed by atoms with Crippen molar-refractivity contribution in [1.82, 2.24) is 5.43 Å². The molecule has 0 amide bonds. The molecule has 1 N–H and O–H groups in total. The van der Waals surface area contributed by atoms with E-state index in [2.05, 4.69) is 29.6 Å². The van der Waals surface area contributed by atoms with Crippen molar-refractivity contribution in [2.75, 3.05) is 6.54 Å². The summed E-state index contributed by atoms with van der Waals surface area (Å²) < 4.78 is 19.6. The Kier molecular flexibility index (Phi) is 5.33. The van der Waals surface area contributed by atoms with Crippen molar-refractivity contribution >= 4 is 5.71 Å². The third-order valence-electron chi connectivity index (χ3n) is 4.12. The number of hydrogen-bond donors (Lipinski definition) is 1. The van der Waals surface area contributed by atoms with Crippen LogP contribution >= 0.6 is 0 Å². The van der Waals surface area contributed by atoms with Gasteiger partial charge in [-0.25, -0.2) is 4.39 Å². The molecule has 1 aliphatic heterocycles. The van der Waals surface area contributed by atoms with Crippen LogP contribution in [0.2, 0.25) is 0 Å². The van der Waals surface area contributed by atoms with Crippen LogP contribution in [0.15, 0.2) is 53.1 Å². The molecule has 5 heteroatoms. The molecule has 0 fully saturated rings. The maximum absolute atomic E-state index is 13.7. The summed E-state index contributed by atoms with van der Waals surface area (Å²) in [7, 11) is 0. The number of allylic oxidation sites excluding steroid dienone is 1. The molecule has 0 unspecified atom stereocenters. The van der Waals surface area contributed by atoms with Crippen LogP contribution in [0.25, 0.3) is 0 Å². The van der Waals surface area contributed by atoms with E-state index in [4.69, 9.17) is 10.00 Å². The normalized spacial score (nSPS) is 13.3. The van der Waals surface area contributed by atoms with Crippen molar-refractivity contribution in [1.29, 1.82) is 5.26 Å². The highest BCUT2D eigenvalue weighted by molar-refractivity contribution is 5.97. The summed E-state index contributed by atoms with van der Waals surface area (Å²) in [6.45, 7) is 4.87. The average molecular weight is 349 g/mol. The molecule has 0 saturated heterocycles. The minimum absolute atomic E-state index is 0.234. The Hall–Kier alpha value is -3.13. The van der Waals surface area contributed by atoms with E-state index in [9.17, 15) is 4.39 Å². The fourth-order valence-electron chi connectivity index (χ4n) is 2.84. The molecule has 0 aliphatic carbocycles. The summed E-state index contributed by atoms with van der Waals surface area (Å²) in [6.07, 6.45) is 3.55. The number of nitriles is 1. The number of nitrogens with zero attached hydrogens (tertiary/aromatic N) is 2. The summed E-state index contributed by atoms with van der Waals surface area (Å²) in [4.78, 5) is 0. The zero-order valence-electron chi connectivity index (χ0n) is 14.8. The smallest absolute Gasteiger partial charge is 0.131 e. The SMILES string of the molecule is CCc1ccc(CC2=NNCC(C)=C2)cc1Oc1cc(F)cc(C#N)c1. The molecule has 0 saturated carbocycles. The molecule has 1 aliphatic rings. The molecule has 132 valence electrons. The molecule has 0 aromatic heterocycles. The second kappa shape index (κ2) is 7.83. The van der Waals surface area contributed by atoms with Gasteiger partial charge in [-0.05, 0) is 48.7 Å². The van der Waals surface area contributed by atoms with Gasteiger partial charge in [0.25, 0.3) is 0 Å². The van der Waals surface area contributed by atoms with E-state index in [0.717, 1.165) is 29.8 Å². The number of ether oxygens (including phenoxy) is 1. The fourth-order valence-corrected chi connectivity index (χ4v) is 2.84. The lowest BCUT2D eigenvalue weighted by molar-refractivity contribution is 0.470. The van der Waals surface area contributed by atoms with E-state index < -0.39 is 5.82 Å². The van der Waals surface area contributed by atoms with Crippen LogP contribution in [-0.4, -0.2) is 12.3 Å². The Bertz CT molecular complexity index is 925. The Morgan fingerprint density at radius 2 is 2.12 bits per heavy atom. The van der Waals surface area contributed by atoms with Crippen LogP contribution in [-0.2, 0) is 12.8 Å². The van der Waals surface area contributed by atoms with Crippen LogP contribution in [0.5, 0.6) is 11.5 Å². The van der Waals surface area contributed by atoms with Crippen molar-refractivity contribution in [3.8, 4) is 17.6 Å². The Morgan fingerprint density at radius 1 is 1.27 bits per heavy atom. The Balaban J connectivity index is 1.88. The highest BCUT2D eigenvalue weighted by atomic mass is 19.1. The molecule has 3 rings (SSSR count). The zero-order chi connectivity index (χ0) is 18.5. The first kappa shape index (κ1) is 17.7. The van der Waals surface area contributed by atoms with Crippen molar-refractivity contribution in [2.24, 2.45) is 5.10 Å². The number of nitrogens with one attached hydrogen (secondary N) is 1. The number of rotatable bonds is 5. The maximum Gasteiger partial charge on any atom is 0.131 e. The molecular formula is C21H20FN3O. The predicted molar refractivity (Wildman–Crippen MR) is 99.9 cm³/mol. The number of halogens is 1. The summed E-state index contributed by atoms with van der Waals surface area (Å²) in [5.74, 6) is 0.502. The highest BCUT2D eigenvalue weighted by Crippen LogP contribution is 2.29. The Labute approximate surface area is 152 Å². The van der Waals surface area contributed by atoms with E-state index in [1.165, 1.54) is 23.8 Å². The van der Waals surface area contributed by atoms with Gasteiger partial charge in [0.1, 0.15) is 17.3 Å². The van der Waals surface area contributed by atoms with E-state index >= 15 is 0 Å². The number of hydrogen-bond acceptors (Lipinski definition) is 4. The molecule has 2 aromatic rings. The fraction of sp³-hybridized carbons (Fsp3) is 0.238. The lowest BCUT2D eigenvalue weighted by Gasteiger charge is -2.14. The predicted octanol–water partition coefficient (Wildman–Crippen LogP) is 4.50. The van der Waals surface area contributed by atoms with Gasteiger partial charge >= 0.3 is 0 Å². The summed E-state index contributed by atoms with van der Waals surface area (Å²) >= 11 is 0. The van der Waals surface area contributed by atoms with Crippen LogP contribution in [0.3, 0.4) is 0 Å². The standard InChI is InChI=1S/C21H20FN3O/c1-3-17-5-4-15(8-19-6-14(2)13-24-25-19)10-21(17)26-20-9-16(12-23)7-18(22)11-20/h4-7,9-11,24H,3,8,13H2,1-2H3. The van der Waals surface area contributed by atoms with Crippen LogP contribution < -0.4 is 10.2 Å². The molecule has 26 heavy (non-hydrogen) atoms. The molecule has 0 atom stereocenters. The molecule has 0 bridgehead atoms. The highest BCUT2D eigenvalue weighted by Gasteiger charge is 2.10. The van der Waals surface area contributed by atoms with Gasteiger partial charge in [0.15, 0.2) is 0 Å². The molecule has 0 spiro atoms. The third-order valence-corrected chi connectivity index (χ3v) is 4.12. The summed E-state index contributed by atoms with van der Waals surface area (Å²) in [5, 5.41) is 13.3. The lowest BCUT2D eigenvalue weighted by atomic mass is 10.0. The summed E-state index contributed by atoms with van der Waals surface area (Å²) in [5.41, 5.74) is 7.52. The number of hydrazone groups is 1. The third kappa shape index (κ3) is 4.28. The van der Waals surface area contributed by atoms with Crippen molar-refractivity contribution in [2.45, 2.75) is 26.7 Å². The van der Waals surface area contributed by atoms with Crippen molar-refractivity contribution in [3.05, 3.63) is 70.6 Å². The van der Waals surface area contributed by atoms with Crippen molar-refractivity contribution in [3.63, 3.8) is 0 Å². The van der Waals surface area contributed by atoms with Crippen LogP contribution in [0, 0.1) is 17.1 Å². The van der Waals surface area contributed by atoms with Gasteiger partial charge in [-0.1, -0.05) is 24.6 Å². The number of aryl methyl sites for hydroxylation is 1. The van der Waals surface area contributed by atoms with Crippen LogP contribution in [0.1, 0.15) is 30.5 Å². The van der Waals surface area contributed by atoms with Gasteiger partial charge in [0, 0.05) is 12.5 Å². The topological polar surface area (TPSA) is 57.4 Å². The first-order valence-electron chi connectivity index (χ1n) is 8.54. The van der Waals surface area contributed by atoms with E-state index in [1.807, 2.05) is 25.1 Å². The van der Waals surface area contributed by atoms with E-state index in [-0.39, 0.29) is 5.56 Å². The first-order valence-corrected chi connectivity index (χ1v) is 8.54. The monoisotopic (exact) mass is 349 g/mol. The molecule has 4 nitrogen and oxygen atoms in total. The zero-order valence-corrected chi connectivity index (χ0v) is 14.8. The largest absolute Gasteiger partial charge is 0.457 e. The minimum Gasteiger partial charge on any atom is -0.457 e. The van der Waals surface area contributed by atoms with Gasteiger partial charge in [0.05, 0.1) is 23.9 Å². The Morgan fingerprint density at radius 3 is 2.85 bits per heavy atom. The van der Waals surface area contributed by atoms with E-state index in [1.54, 1.807) is 0 Å².